The topological polar surface area (TPSA) is 103 Å². The molecule has 1 aromatic carbocycles. The molecule has 0 unspecified atom stereocenters. The van der Waals surface area contributed by atoms with Crippen LogP contribution in [0.1, 0.15) is 49.3 Å². The molecular formula is C20H31N5O2. The SMILES string of the molecule is CCNC(=NCc1c(O)ccc2c1CCCC2)NC1CCN(C(N)=O)CC1. The van der Waals surface area contributed by atoms with E-state index in [1.165, 1.54) is 24.0 Å². The summed E-state index contributed by atoms with van der Waals surface area (Å²) in [6.07, 6.45) is 6.19. The van der Waals surface area contributed by atoms with Crippen LogP contribution in [-0.4, -0.2) is 47.7 Å². The van der Waals surface area contributed by atoms with Crippen molar-refractivity contribution in [1.82, 2.24) is 15.5 Å². The zero-order valence-corrected chi connectivity index (χ0v) is 16.1. The van der Waals surface area contributed by atoms with Gasteiger partial charge in [-0.2, -0.15) is 0 Å². The fourth-order valence-electron chi connectivity index (χ4n) is 3.98. The molecule has 2 aliphatic rings. The lowest BCUT2D eigenvalue weighted by atomic mass is 9.88. The van der Waals surface area contributed by atoms with E-state index in [4.69, 9.17) is 10.7 Å². The molecule has 5 N–H and O–H groups in total. The number of aliphatic imine (C=N–C) groups is 1. The standard InChI is InChI=1S/C20H31N5O2/c1-2-22-20(24-15-9-11-25(12-10-15)19(21)27)23-13-17-16-6-4-3-5-14(16)7-8-18(17)26/h7-8,15,26H,2-6,9-13H2,1H3,(H2,21,27)(H2,22,23,24). The Kier molecular flexibility index (Phi) is 6.42. The number of likely N-dealkylation sites (tertiary alicyclic amines) is 1. The molecule has 148 valence electrons. The number of phenolic OH excluding ortho intramolecular Hbond substituents is 1. The highest BCUT2D eigenvalue weighted by Gasteiger charge is 2.22. The van der Waals surface area contributed by atoms with Gasteiger partial charge in [0.25, 0.3) is 0 Å². The maximum Gasteiger partial charge on any atom is 0.314 e. The number of guanidine groups is 1. The molecule has 3 rings (SSSR count). The molecule has 0 aromatic heterocycles. The molecule has 7 heteroatoms. The molecule has 0 saturated carbocycles. The Morgan fingerprint density at radius 3 is 2.74 bits per heavy atom. The number of nitrogens with two attached hydrogens (primary N) is 1. The largest absolute Gasteiger partial charge is 0.508 e. The van der Waals surface area contributed by atoms with Crippen LogP contribution in [0.25, 0.3) is 0 Å². The molecule has 27 heavy (non-hydrogen) atoms. The van der Waals surface area contributed by atoms with Crippen molar-refractivity contribution in [3.8, 4) is 5.75 Å². The Balaban J connectivity index is 1.67. The predicted octanol–water partition coefficient (Wildman–Crippen LogP) is 1.87. The van der Waals surface area contributed by atoms with Gasteiger partial charge in [0.1, 0.15) is 5.75 Å². The van der Waals surface area contributed by atoms with E-state index < -0.39 is 0 Å². The Morgan fingerprint density at radius 1 is 1.30 bits per heavy atom. The van der Waals surface area contributed by atoms with Gasteiger partial charge in [0.2, 0.25) is 0 Å². The lowest BCUT2D eigenvalue weighted by Crippen LogP contribution is -2.50. The molecule has 2 amide bonds. The van der Waals surface area contributed by atoms with Crippen molar-refractivity contribution in [2.24, 2.45) is 10.7 Å². The van der Waals surface area contributed by atoms with Crippen LogP contribution in [0.4, 0.5) is 4.79 Å². The third-order valence-corrected chi connectivity index (χ3v) is 5.51. The van der Waals surface area contributed by atoms with Crippen molar-refractivity contribution < 1.29 is 9.90 Å². The van der Waals surface area contributed by atoms with Gasteiger partial charge in [0.05, 0.1) is 6.54 Å². The number of piperidine rings is 1. The van der Waals surface area contributed by atoms with Crippen LogP contribution in [0.3, 0.4) is 0 Å². The summed E-state index contributed by atoms with van der Waals surface area (Å²) in [6.45, 7) is 4.60. The fraction of sp³-hybridized carbons (Fsp3) is 0.600. The van der Waals surface area contributed by atoms with Crippen LogP contribution >= 0.6 is 0 Å². The molecule has 1 heterocycles. The zero-order valence-electron chi connectivity index (χ0n) is 16.1. The van der Waals surface area contributed by atoms with Crippen LogP contribution < -0.4 is 16.4 Å². The van der Waals surface area contributed by atoms with Gasteiger partial charge >= 0.3 is 6.03 Å². The highest BCUT2D eigenvalue weighted by atomic mass is 16.3. The summed E-state index contributed by atoms with van der Waals surface area (Å²) in [4.78, 5) is 17.7. The summed E-state index contributed by atoms with van der Waals surface area (Å²) in [6, 6.07) is 3.76. The number of amides is 2. The van der Waals surface area contributed by atoms with Crippen molar-refractivity contribution in [2.75, 3.05) is 19.6 Å². The summed E-state index contributed by atoms with van der Waals surface area (Å²) >= 11 is 0. The van der Waals surface area contributed by atoms with E-state index in [0.29, 0.717) is 25.4 Å². The van der Waals surface area contributed by atoms with E-state index in [2.05, 4.69) is 10.6 Å². The quantitative estimate of drug-likeness (QED) is 0.478. The van der Waals surface area contributed by atoms with E-state index in [0.717, 1.165) is 43.8 Å². The van der Waals surface area contributed by atoms with Crippen molar-refractivity contribution in [3.05, 3.63) is 28.8 Å². The van der Waals surface area contributed by atoms with E-state index in [-0.39, 0.29) is 12.1 Å². The number of hydrogen-bond acceptors (Lipinski definition) is 3. The van der Waals surface area contributed by atoms with Crippen LogP contribution in [0.2, 0.25) is 0 Å². The summed E-state index contributed by atoms with van der Waals surface area (Å²) in [5.41, 5.74) is 8.92. The first kappa shape index (κ1) is 19.3. The minimum absolute atomic E-state index is 0.261. The third-order valence-electron chi connectivity index (χ3n) is 5.51. The second-order valence-electron chi connectivity index (χ2n) is 7.35. The first-order valence-electron chi connectivity index (χ1n) is 10.00. The summed E-state index contributed by atoms with van der Waals surface area (Å²) in [5, 5.41) is 17.1. The normalized spacial score (nSPS) is 18.1. The Labute approximate surface area is 161 Å². The van der Waals surface area contributed by atoms with Gasteiger partial charge in [0.15, 0.2) is 5.96 Å². The van der Waals surface area contributed by atoms with Crippen molar-refractivity contribution in [3.63, 3.8) is 0 Å². The van der Waals surface area contributed by atoms with Gasteiger partial charge in [-0.3, -0.25) is 0 Å². The average Bonchev–Trinajstić information content (AvgIpc) is 2.67. The first-order chi connectivity index (χ1) is 13.1. The molecule has 0 bridgehead atoms. The Morgan fingerprint density at radius 2 is 2.04 bits per heavy atom. The lowest BCUT2D eigenvalue weighted by molar-refractivity contribution is 0.188. The Bertz CT molecular complexity index is 696. The van der Waals surface area contributed by atoms with Crippen LogP contribution in [-0.2, 0) is 19.4 Å². The maximum absolute atomic E-state index is 11.3. The number of urea groups is 1. The summed E-state index contributed by atoms with van der Waals surface area (Å²) in [5.74, 6) is 1.09. The number of nitrogens with zero attached hydrogens (tertiary/aromatic N) is 2. The molecule has 1 saturated heterocycles. The molecule has 1 fully saturated rings. The van der Waals surface area contributed by atoms with E-state index in [9.17, 15) is 9.90 Å². The highest BCUT2D eigenvalue weighted by Crippen LogP contribution is 2.31. The third kappa shape index (κ3) is 4.84. The number of carbonyl (C=O) groups excluding carboxylic acids is 1. The molecule has 7 nitrogen and oxygen atoms in total. The minimum Gasteiger partial charge on any atom is -0.508 e. The first-order valence-corrected chi connectivity index (χ1v) is 10.00. The van der Waals surface area contributed by atoms with Gasteiger partial charge in [-0.25, -0.2) is 9.79 Å². The fourth-order valence-corrected chi connectivity index (χ4v) is 3.98. The number of carbonyl (C=O) groups is 1. The highest BCUT2D eigenvalue weighted by molar-refractivity contribution is 5.80. The number of rotatable bonds is 4. The Hall–Kier alpha value is -2.44. The second kappa shape index (κ2) is 8.97. The zero-order chi connectivity index (χ0) is 19.2. The molecule has 0 spiro atoms. The van der Waals surface area contributed by atoms with Gasteiger partial charge < -0.3 is 26.4 Å². The van der Waals surface area contributed by atoms with E-state index in [1.807, 2.05) is 13.0 Å². The van der Waals surface area contributed by atoms with Crippen LogP contribution in [0.5, 0.6) is 5.75 Å². The lowest BCUT2D eigenvalue weighted by Gasteiger charge is -2.32. The number of aromatic hydroxyl groups is 1. The summed E-state index contributed by atoms with van der Waals surface area (Å²) in [7, 11) is 0. The van der Waals surface area contributed by atoms with Crippen LogP contribution in [0, 0.1) is 0 Å². The molecule has 1 aliphatic carbocycles. The van der Waals surface area contributed by atoms with Gasteiger partial charge in [-0.05, 0) is 62.6 Å². The number of nitrogens with one attached hydrogen (secondary N) is 2. The van der Waals surface area contributed by atoms with Crippen LogP contribution in [0.15, 0.2) is 17.1 Å². The van der Waals surface area contributed by atoms with Crippen molar-refractivity contribution in [2.45, 2.75) is 58.0 Å². The molecule has 0 atom stereocenters. The number of fused-ring (bicyclic) bond motifs is 1. The molecular weight excluding hydrogens is 342 g/mol. The van der Waals surface area contributed by atoms with Crippen molar-refractivity contribution in [1.29, 1.82) is 0 Å². The number of benzene rings is 1. The minimum atomic E-state index is -0.349. The van der Waals surface area contributed by atoms with E-state index >= 15 is 0 Å². The number of hydrogen-bond donors (Lipinski definition) is 4. The number of primary amides is 1. The second-order valence-corrected chi connectivity index (χ2v) is 7.35. The van der Waals surface area contributed by atoms with Gasteiger partial charge in [0, 0.05) is 31.2 Å². The van der Waals surface area contributed by atoms with E-state index in [1.54, 1.807) is 11.0 Å². The van der Waals surface area contributed by atoms with Crippen molar-refractivity contribution >= 4 is 12.0 Å². The maximum atomic E-state index is 11.3. The smallest absolute Gasteiger partial charge is 0.314 e. The van der Waals surface area contributed by atoms with Gasteiger partial charge in [-0.15, -0.1) is 0 Å². The number of aryl methyl sites for hydroxylation is 1. The predicted molar refractivity (Wildman–Crippen MR) is 107 cm³/mol. The molecule has 1 aromatic rings. The number of phenols is 1. The molecule has 0 radical (unpaired) electrons. The molecule has 1 aliphatic heterocycles. The summed E-state index contributed by atoms with van der Waals surface area (Å²) < 4.78 is 0. The average molecular weight is 374 g/mol. The van der Waals surface area contributed by atoms with Gasteiger partial charge in [-0.1, -0.05) is 6.07 Å². The monoisotopic (exact) mass is 373 g/mol.